The quantitative estimate of drug-likeness (QED) is 0.617. The highest BCUT2D eigenvalue weighted by Gasteiger charge is 2.06. The highest BCUT2D eigenvalue weighted by molar-refractivity contribution is 5.22. The van der Waals surface area contributed by atoms with Gasteiger partial charge in [-0.1, -0.05) is 38.1 Å². The predicted octanol–water partition coefficient (Wildman–Crippen LogP) is 2.53. The van der Waals surface area contributed by atoms with Crippen LogP contribution in [-0.2, 0) is 22.5 Å². The molecule has 4 heteroatoms. The molecule has 0 amide bonds. The molecule has 2 N–H and O–H groups in total. The second-order valence-electron chi connectivity index (χ2n) is 6.21. The number of hydrogen-bond donors (Lipinski definition) is 2. The van der Waals surface area contributed by atoms with Crippen molar-refractivity contribution in [3.63, 3.8) is 0 Å². The van der Waals surface area contributed by atoms with Gasteiger partial charge in [-0.15, -0.1) is 0 Å². The third kappa shape index (κ3) is 9.15. The molecule has 0 aliphatic heterocycles. The molecule has 1 aromatic rings. The lowest BCUT2D eigenvalue weighted by Gasteiger charge is -2.14. The van der Waals surface area contributed by atoms with Crippen molar-refractivity contribution in [2.24, 2.45) is 0 Å². The molecule has 0 spiro atoms. The van der Waals surface area contributed by atoms with Crippen LogP contribution in [0.3, 0.4) is 0 Å². The average Bonchev–Trinajstić information content (AvgIpc) is 2.46. The minimum Gasteiger partial charge on any atom is -0.391 e. The summed E-state index contributed by atoms with van der Waals surface area (Å²) in [6, 6.07) is 8.63. The normalized spacial score (nSPS) is 13.0. The van der Waals surface area contributed by atoms with Gasteiger partial charge in [0, 0.05) is 12.6 Å². The molecule has 0 saturated heterocycles. The Morgan fingerprint density at radius 3 is 2.23 bits per heavy atom. The number of aliphatic hydroxyl groups is 1. The zero-order chi connectivity index (χ0) is 16.4. The van der Waals surface area contributed by atoms with Crippen molar-refractivity contribution in [3.8, 4) is 0 Å². The van der Waals surface area contributed by atoms with Gasteiger partial charge >= 0.3 is 0 Å². The maximum atomic E-state index is 9.96. The van der Waals surface area contributed by atoms with Gasteiger partial charge in [0.15, 0.2) is 0 Å². The Hall–Kier alpha value is -0.940. The summed E-state index contributed by atoms with van der Waals surface area (Å²) in [7, 11) is 0. The molecule has 0 aliphatic rings. The van der Waals surface area contributed by atoms with Crippen molar-refractivity contribution in [1.29, 1.82) is 0 Å². The van der Waals surface area contributed by atoms with Crippen LogP contribution in [0.15, 0.2) is 24.3 Å². The molecule has 126 valence electrons. The van der Waals surface area contributed by atoms with Crippen LogP contribution in [0.1, 0.15) is 38.8 Å². The Morgan fingerprint density at radius 1 is 1.00 bits per heavy atom. The Balaban J connectivity index is 2.24. The zero-order valence-electron chi connectivity index (χ0n) is 14.3. The molecule has 1 atom stereocenters. The fourth-order valence-corrected chi connectivity index (χ4v) is 2.02. The predicted molar refractivity (Wildman–Crippen MR) is 90.0 cm³/mol. The lowest BCUT2D eigenvalue weighted by molar-refractivity contribution is 0.0143. The second kappa shape index (κ2) is 10.7. The molecule has 1 rings (SSSR count). The molecule has 0 saturated carbocycles. The Bertz CT molecular complexity index is 390. The topological polar surface area (TPSA) is 50.7 Å². The van der Waals surface area contributed by atoms with Gasteiger partial charge in [0.25, 0.3) is 0 Å². The average molecular weight is 309 g/mol. The Labute approximate surface area is 134 Å². The van der Waals surface area contributed by atoms with Gasteiger partial charge in [-0.25, -0.2) is 0 Å². The maximum Gasteiger partial charge on any atom is 0.0718 e. The van der Waals surface area contributed by atoms with Gasteiger partial charge in [0.2, 0.25) is 0 Å². The van der Waals surface area contributed by atoms with E-state index in [9.17, 15) is 5.11 Å². The van der Waals surface area contributed by atoms with E-state index in [0.29, 0.717) is 38.8 Å². The van der Waals surface area contributed by atoms with E-state index >= 15 is 0 Å². The van der Waals surface area contributed by atoms with Crippen LogP contribution in [0.4, 0.5) is 0 Å². The largest absolute Gasteiger partial charge is 0.391 e. The molecule has 0 fully saturated rings. The molecule has 1 aromatic carbocycles. The highest BCUT2D eigenvalue weighted by Crippen LogP contribution is 2.08. The summed E-state index contributed by atoms with van der Waals surface area (Å²) in [6.45, 7) is 10.6. The molecule has 4 nitrogen and oxygen atoms in total. The van der Waals surface area contributed by atoms with E-state index in [4.69, 9.17) is 9.47 Å². The number of nitrogens with one attached hydrogen (secondary N) is 1. The van der Waals surface area contributed by atoms with E-state index < -0.39 is 0 Å². The summed E-state index contributed by atoms with van der Waals surface area (Å²) in [5.74, 6) is 0. The zero-order valence-corrected chi connectivity index (χ0v) is 14.3. The molecule has 0 aromatic heterocycles. The van der Waals surface area contributed by atoms with E-state index in [1.807, 2.05) is 13.8 Å². The van der Waals surface area contributed by atoms with E-state index in [2.05, 4.69) is 43.4 Å². The molecule has 1 unspecified atom stereocenters. The van der Waals surface area contributed by atoms with Crippen LogP contribution in [0, 0.1) is 0 Å². The van der Waals surface area contributed by atoms with Crippen LogP contribution in [0.25, 0.3) is 0 Å². The van der Waals surface area contributed by atoms with Gasteiger partial charge in [-0.3, -0.25) is 0 Å². The first kappa shape index (κ1) is 19.1. The maximum absolute atomic E-state index is 9.96. The van der Waals surface area contributed by atoms with Crippen LogP contribution >= 0.6 is 0 Å². The summed E-state index contributed by atoms with van der Waals surface area (Å²) in [6.07, 6.45) is 0.570. The first-order valence-electron chi connectivity index (χ1n) is 8.16. The minimum absolute atomic E-state index is 0.250. The third-order valence-electron chi connectivity index (χ3n) is 3.20. The third-order valence-corrected chi connectivity index (χ3v) is 3.20. The molecular weight excluding hydrogens is 278 g/mol. The number of aliphatic hydroxyl groups excluding tert-OH is 1. The van der Waals surface area contributed by atoms with Gasteiger partial charge in [-0.05, 0) is 31.4 Å². The highest BCUT2D eigenvalue weighted by atomic mass is 16.5. The van der Waals surface area contributed by atoms with Crippen LogP contribution in [0.5, 0.6) is 0 Å². The molecule has 22 heavy (non-hydrogen) atoms. The van der Waals surface area contributed by atoms with Crippen LogP contribution < -0.4 is 5.32 Å². The Morgan fingerprint density at radius 2 is 1.64 bits per heavy atom. The van der Waals surface area contributed by atoms with Gasteiger partial charge in [0.1, 0.15) is 0 Å². The second-order valence-corrected chi connectivity index (χ2v) is 6.21. The molecule has 0 radical (unpaired) electrons. The fourth-order valence-electron chi connectivity index (χ4n) is 2.02. The van der Waals surface area contributed by atoms with Crippen molar-refractivity contribution in [2.75, 3.05) is 19.8 Å². The van der Waals surface area contributed by atoms with Gasteiger partial charge in [0.05, 0.1) is 32.0 Å². The van der Waals surface area contributed by atoms with Crippen molar-refractivity contribution >= 4 is 0 Å². The smallest absolute Gasteiger partial charge is 0.0718 e. The first-order chi connectivity index (χ1) is 10.5. The van der Waals surface area contributed by atoms with Crippen molar-refractivity contribution in [2.45, 2.75) is 59.0 Å². The number of rotatable bonds is 11. The van der Waals surface area contributed by atoms with Crippen molar-refractivity contribution < 1.29 is 14.6 Å². The van der Waals surface area contributed by atoms with Crippen LogP contribution in [0.2, 0.25) is 0 Å². The molecule has 0 aliphatic carbocycles. The first-order valence-corrected chi connectivity index (χ1v) is 8.16. The fraction of sp³-hybridized carbons (Fsp3) is 0.667. The van der Waals surface area contributed by atoms with E-state index in [0.717, 1.165) is 11.1 Å². The van der Waals surface area contributed by atoms with Crippen molar-refractivity contribution in [1.82, 2.24) is 5.32 Å². The van der Waals surface area contributed by atoms with E-state index in [1.54, 1.807) is 0 Å². The summed E-state index contributed by atoms with van der Waals surface area (Å²) < 4.78 is 11.0. The lowest BCUT2D eigenvalue weighted by Crippen LogP contribution is -2.33. The Kier molecular flexibility index (Phi) is 9.32. The van der Waals surface area contributed by atoms with E-state index in [1.165, 1.54) is 0 Å². The van der Waals surface area contributed by atoms with Crippen molar-refractivity contribution in [3.05, 3.63) is 35.4 Å². The number of ether oxygens (including phenoxy) is 2. The molecular formula is C18H31NO3. The summed E-state index contributed by atoms with van der Waals surface area (Å²) >= 11 is 0. The summed E-state index contributed by atoms with van der Waals surface area (Å²) in [5, 5.41) is 13.2. The molecule has 0 bridgehead atoms. The SMILES string of the molecule is CC(C)NCC(O)Cc1ccc(COCCOC(C)C)cc1. The van der Waals surface area contributed by atoms with E-state index in [-0.39, 0.29) is 12.2 Å². The summed E-state index contributed by atoms with van der Waals surface area (Å²) in [5.41, 5.74) is 2.29. The van der Waals surface area contributed by atoms with Crippen LogP contribution in [-0.4, -0.2) is 43.1 Å². The lowest BCUT2D eigenvalue weighted by atomic mass is 10.1. The standard InChI is InChI=1S/C18H31NO3/c1-14(2)19-12-18(20)11-16-5-7-17(8-6-16)13-21-9-10-22-15(3)4/h5-8,14-15,18-20H,9-13H2,1-4H3. The molecule has 0 heterocycles. The number of hydrogen-bond acceptors (Lipinski definition) is 4. The number of benzene rings is 1. The monoisotopic (exact) mass is 309 g/mol. The summed E-state index contributed by atoms with van der Waals surface area (Å²) in [4.78, 5) is 0. The minimum atomic E-state index is -0.349. The van der Waals surface area contributed by atoms with Gasteiger partial charge in [-0.2, -0.15) is 0 Å². The van der Waals surface area contributed by atoms with Gasteiger partial charge < -0.3 is 19.9 Å².